The first-order chi connectivity index (χ1) is 15.7. The zero-order chi connectivity index (χ0) is 23.8. The summed E-state index contributed by atoms with van der Waals surface area (Å²) in [6.45, 7) is 2.91. The van der Waals surface area contributed by atoms with Crippen LogP contribution < -0.4 is 4.90 Å². The van der Waals surface area contributed by atoms with Crippen molar-refractivity contribution in [2.24, 2.45) is 0 Å². The lowest BCUT2D eigenvalue weighted by molar-refractivity contribution is 0.0475. The number of H-pyrrole nitrogens is 1. The van der Waals surface area contributed by atoms with Gasteiger partial charge in [-0.1, -0.05) is 18.2 Å². The average Bonchev–Trinajstić information content (AvgIpc) is 3.44. The number of fused-ring (bicyclic) bond motifs is 1. The van der Waals surface area contributed by atoms with Gasteiger partial charge in [0, 0.05) is 49.3 Å². The molecule has 174 valence electrons. The molecule has 8 nitrogen and oxygen atoms in total. The number of aromatic nitrogens is 1. The Bertz CT molecular complexity index is 1320. The van der Waals surface area contributed by atoms with Crippen molar-refractivity contribution < 1.29 is 22.7 Å². The van der Waals surface area contributed by atoms with Crippen LogP contribution in [0.2, 0.25) is 0 Å². The Labute approximate surface area is 193 Å². The number of carbonyl (C=O) groups is 2. The van der Waals surface area contributed by atoms with E-state index in [-0.39, 0.29) is 16.2 Å². The Balaban J connectivity index is 1.62. The van der Waals surface area contributed by atoms with Crippen LogP contribution in [0.4, 0.5) is 5.69 Å². The highest BCUT2D eigenvalue weighted by molar-refractivity contribution is 7.89. The van der Waals surface area contributed by atoms with Crippen LogP contribution in [-0.2, 0) is 14.8 Å². The molecule has 0 saturated carbocycles. The molecule has 0 aliphatic carbocycles. The van der Waals surface area contributed by atoms with E-state index in [9.17, 15) is 18.0 Å². The summed E-state index contributed by atoms with van der Waals surface area (Å²) >= 11 is 0. The Morgan fingerprint density at radius 2 is 1.79 bits per heavy atom. The minimum absolute atomic E-state index is 0.00111. The van der Waals surface area contributed by atoms with E-state index in [0.29, 0.717) is 16.9 Å². The molecule has 33 heavy (non-hydrogen) atoms. The van der Waals surface area contributed by atoms with E-state index >= 15 is 0 Å². The fourth-order valence-corrected chi connectivity index (χ4v) is 5.13. The molecule has 0 bridgehead atoms. The zero-order valence-electron chi connectivity index (χ0n) is 18.9. The summed E-state index contributed by atoms with van der Waals surface area (Å²) in [5.74, 6) is -1.04. The fourth-order valence-electron chi connectivity index (χ4n) is 4.20. The third-order valence-electron chi connectivity index (χ3n) is 5.92. The van der Waals surface area contributed by atoms with E-state index in [0.717, 1.165) is 41.1 Å². The van der Waals surface area contributed by atoms with Crippen LogP contribution in [0.15, 0.2) is 47.4 Å². The molecule has 1 fully saturated rings. The summed E-state index contributed by atoms with van der Waals surface area (Å²) in [5, 5.41) is 0.771. The number of aryl methyl sites for hydroxylation is 1. The van der Waals surface area contributed by atoms with Crippen molar-refractivity contribution in [3.05, 3.63) is 59.3 Å². The van der Waals surface area contributed by atoms with E-state index in [2.05, 4.69) is 4.98 Å². The van der Waals surface area contributed by atoms with Gasteiger partial charge in [0.15, 0.2) is 6.61 Å². The van der Waals surface area contributed by atoms with Gasteiger partial charge in [0.25, 0.3) is 0 Å². The van der Waals surface area contributed by atoms with E-state index in [1.165, 1.54) is 26.2 Å². The first kappa shape index (κ1) is 23.0. The second-order valence-electron chi connectivity index (χ2n) is 8.33. The van der Waals surface area contributed by atoms with Gasteiger partial charge in [-0.25, -0.2) is 17.5 Å². The predicted molar refractivity (Wildman–Crippen MR) is 126 cm³/mol. The molecule has 1 N–H and O–H groups in total. The fraction of sp³-hybridized carbons (Fsp3) is 0.333. The van der Waals surface area contributed by atoms with Gasteiger partial charge in [0.1, 0.15) is 0 Å². The van der Waals surface area contributed by atoms with Gasteiger partial charge in [-0.2, -0.15) is 0 Å². The lowest BCUT2D eigenvalue weighted by Gasteiger charge is -2.22. The van der Waals surface area contributed by atoms with Gasteiger partial charge in [0.2, 0.25) is 15.8 Å². The Hall–Kier alpha value is -3.17. The number of nitrogens with zero attached hydrogens (tertiary/aromatic N) is 2. The van der Waals surface area contributed by atoms with Gasteiger partial charge in [0.05, 0.1) is 16.1 Å². The molecule has 1 aromatic heterocycles. The maximum Gasteiger partial charge on any atom is 0.340 e. The van der Waals surface area contributed by atoms with Crippen molar-refractivity contribution in [3.8, 4) is 0 Å². The maximum atomic E-state index is 13.1. The summed E-state index contributed by atoms with van der Waals surface area (Å²) in [5.41, 5.74) is 2.79. The molecular formula is C24H27N3O5S. The van der Waals surface area contributed by atoms with Crippen molar-refractivity contribution in [1.29, 1.82) is 0 Å². The molecule has 0 radical (unpaired) electrons. The van der Waals surface area contributed by atoms with Crippen molar-refractivity contribution >= 4 is 38.4 Å². The summed E-state index contributed by atoms with van der Waals surface area (Å²) in [4.78, 5) is 31.2. The van der Waals surface area contributed by atoms with Crippen molar-refractivity contribution in [2.75, 3.05) is 38.7 Å². The first-order valence-electron chi connectivity index (χ1n) is 10.8. The van der Waals surface area contributed by atoms with E-state index in [1.54, 1.807) is 13.0 Å². The van der Waals surface area contributed by atoms with Crippen LogP contribution in [0, 0.1) is 6.92 Å². The first-order valence-corrected chi connectivity index (χ1v) is 12.2. The van der Waals surface area contributed by atoms with E-state index in [4.69, 9.17) is 4.74 Å². The SMILES string of the molecule is Cc1[nH]c2ccccc2c1C(=O)COC(=O)c1cc(S(=O)(=O)N(C)C)ccc1N1CCCC1. The number of aromatic amines is 1. The number of carbonyl (C=O) groups excluding carboxylic acids is 2. The smallest absolute Gasteiger partial charge is 0.340 e. The number of rotatable bonds is 7. The summed E-state index contributed by atoms with van der Waals surface area (Å²) in [6, 6.07) is 11.9. The largest absolute Gasteiger partial charge is 0.454 e. The highest BCUT2D eigenvalue weighted by Gasteiger charge is 2.26. The predicted octanol–water partition coefficient (Wildman–Crippen LogP) is 3.37. The van der Waals surface area contributed by atoms with Crippen LogP contribution in [-0.4, -0.2) is 63.3 Å². The third-order valence-corrected chi connectivity index (χ3v) is 7.73. The van der Waals surface area contributed by atoms with E-state index < -0.39 is 22.6 Å². The normalized spacial score (nSPS) is 14.2. The Kier molecular flexibility index (Phi) is 6.27. The minimum atomic E-state index is -3.73. The second-order valence-corrected chi connectivity index (χ2v) is 10.5. The second kappa shape index (κ2) is 8.99. The number of ether oxygens (including phenoxy) is 1. The molecule has 0 amide bonds. The molecule has 2 heterocycles. The highest BCUT2D eigenvalue weighted by atomic mass is 32.2. The third kappa shape index (κ3) is 4.38. The molecule has 0 spiro atoms. The van der Waals surface area contributed by atoms with Gasteiger partial charge in [-0.05, 0) is 44.0 Å². The lowest BCUT2D eigenvalue weighted by atomic mass is 10.1. The monoisotopic (exact) mass is 469 g/mol. The number of hydrogen-bond donors (Lipinski definition) is 1. The molecule has 3 aromatic rings. The molecule has 0 atom stereocenters. The summed E-state index contributed by atoms with van der Waals surface area (Å²) in [6.07, 6.45) is 1.98. The molecule has 1 aliphatic rings. The van der Waals surface area contributed by atoms with Crippen molar-refractivity contribution in [2.45, 2.75) is 24.7 Å². The molecule has 0 unspecified atom stereocenters. The molecular weight excluding hydrogens is 442 g/mol. The Morgan fingerprint density at radius 3 is 2.48 bits per heavy atom. The number of ketones is 1. The van der Waals surface area contributed by atoms with E-state index in [1.807, 2.05) is 29.2 Å². The molecule has 1 aliphatic heterocycles. The molecule has 1 saturated heterocycles. The highest BCUT2D eigenvalue weighted by Crippen LogP contribution is 2.29. The van der Waals surface area contributed by atoms with Gasteiger partial charge in [-0.15, -0.1) is 0 Å². The number of anilines is 1. The van der Waals surface area contributed by atoms with Gasteiger partial charge >= 0.3 is 5.97 Å². The zero-order valence-corrected chi connectivity index (χ0v) is 19.7. The van der Waals surface area contributed by atoms with Crippen LogP contribution in [0.25, 0.3) is 10.9 Å². The van der Waals surface area contributed by atoms with Crippen molar-refractivity contribution in [3.63, 3.8) is 0 Å². The summed E-state index contributed by atoms with van der Waals surface area (Å²) in [7, 11) is -0.865. The van der Waals surface area contributed by atoms with Gasteiger partial charge in [-0.3, -0.25) is 4.79 Å². The van der Waals surface area contributed by atoms with Crippen LogP contribution in [0.3, 0.4) is 0 Å². The number of hydrogen-bond acceptors (Lipinski definition) is 6. The number of para-hydroxylation sites is 1. The van der Waals surface area contributed by atoms with Crippen molar-refractivity contribution in [1.82, 2.24) is 9.29 Å². The topological polar surface area (TPSA) is 99.8 Å². The van der Waals surface area contributed by atoms with Crippen LogP contribution >= 0.6 is 0 Å². The number of nitrogens with one attached hydrogen (secondary N) is 1. The van der Waals surface area contributed by atoms with Gasteiger partial charge < -0.3 is 14.6 Å². The quantitative estimate of drug-likeness (QED) is 0.421. The molecule has 2 aromatic carbocycles. The Morgan fingerprint density at radius 1 is 1.09 bits per heavy atom. The lowest BCUT2D eigenvalue weighted by Crippen LogP contribution is -2.25. The molecule has 4 rings (SSSR count). The minimum Gasteiger partial charge on any atom is -0.454 e. The summed E-state index contributed by atoms with van der Waals surface area (Å²) < 4.78 is 31.8. The number of sulfonamides is 1. The molecule has 9 heteroatoms. The maximum absolute atomic E-state index is 13.1. The number of benzene rings is 2. The standard InChI is InChI=1S/C24H27N3O5S/c1-16-23(18-8-4-5-9-20(18)25-16)22(28)15-32-24(29)19-14-17(33(30,31)26(2)3)10-11-21(19)27-12-6-7-13-27/h4-5,8-11,14,25H,6-7,12-13,15H2,1-3H3. The number of Topliss-reactive ketones (excluding diaryl/α,β-unsaturated/α-hetero) is 1. The van der Waals surface area contributed by atoms with Crippen LogP contribution in [0.5, 0.6) is 0 Å². The average molecular weight is 470 g/mol. The van der Waals surface area contributed by atoms with Crippen LogP contribution in [0.1, 0.15) is 39.3 Å². The number of esters is 1.